The van der Waals surface area contributed by atoms with Crippen molar-refractivity contribution in [2.75, 3.05) is 6.61 Å². The zero-order chi connectivity index (χ0) is 13.0. The number of hydrogen-bond donors (Lipinski definition) is 0. The average Bonchev–Trinajstić information content (AvgIpc) is 2.81. The smallest absolute Gasteiger partial charge is 0.356 e. The van der Waals surface area contributed by atoms with Gasteiger partial charge < -0.3 is 9.30 Å². The lowest BCUT2D eigenvalue weighted by molar-refractivity contribution is 0.0514. The van der Waals surface area contributed by atoms with E-state index in [0.717, 1.165) is 5.56 Å². The maximum absolute atomic E-state index is 11.7. The molecule has 0 saturated carbocycles. The maximum atomic E-state index is 11.7. The first-order valence-electron chi connectivity index (χ1n) is 5.93. The van der Waals surface area contributed by atoms with E-state index in [9.17, 15) is 4.79 Å². The van der Waals surface area contributed by atoms with Crippen molar-refractivity contribution in [2.24, 2.45) is 0 Å². The summed E-state index contributed by atoms with van der Waals surface area (Å²) >= 11 is 0. The van der Waals surface area contributed by atoms with Crippen LogP contribution in [0.3, 0.4) is 0 Å². The predicted molar refractivity (Wildman–Crippen MR) is 71.9 cm³/mol. The normalized spacial score (nSPS) is 10.3. The van der Waals surface area contributed by atoms with Gasteiger partial charge in [-0.1, -0.05) is 29.7 Å². The van der Waals surface area contributed by atoms with Crippen molar-refractivity contribution in [1.82, 2.24) is 9.55 Å². The van der Waals surface area contributed by atoms with Crippen LogP contribution >= 0.6 is 0 Å². The lowest BCUT2D eigenvalue weighted by Gasteiger charge is -2.07. The lowest BCUT2D eigenvalue weighted by Crippen LogP contribution is -2.12. The third kappa shape index (κ3) is 2.80. The molecule has 0 amide bonds. The van der Waals surface area contributed by atoms with Gasteiger partial charge >= 0.3 is 5.97 Å². The summed E-state index contributed by atoms with van der Waals surface area (Å²) in [5, 5.41) is 0. The average molecular weight is 242 g/mol. The van der Waals surface area contributed by atoms with Gasteiger partial charge in [0.05, 0.1) is 19.1 Å². The van der Waals surface area contributed by atoms with Crippen LogP contribution in [0.25, 0.3) is 0 Å². The van der Waals surface area contributed by atoms with Crippen molar-refractivity contribution < 1.29 is 9.53 Å². The van der Waals surface area contributed by atoms with Crippen LogP contribution in [0.15, 0.2) is 36.8 Å². The first-order chi connectivity index (χ1) is 8.70. The van der Waals surface area contributed by atoms with Crippen LogP contribution in [0.4, 0.5) is 0 Å². The van der Waals surface area contributed by atoms with E-state index in [0.29, 0.717) is 18.8 Å². The third-order valence-corrected chi connectivity index (χ3v) is 2.67. The Labute approximate surface area is 107 Å². The topological polar surface area (TPSA) is 44.1 Å². The fourth-order valence-electron chi connectivity index (χ4n) is 1.71. The standard InChI is InChI=1S/C13H15BN2O2/c1-2-18-13(17)12-7-15-9-16(12)8-10-3-5-11(14)6-4-10/h3-7,9H,2,8,14H2,1H3. The Morgan fingerprint density at radius 1 is 1.39 bits per heavy atom. The molecule has 0 N–H and O–H groups in total. The molecule has 0 radical (unpaired) electrons. The molecule has 1 heterocycles. The second kappa shape index (κ2) is 5.53. The molecule has 0 saturated heterocycles. The van der Waals surface area contributed by atoms with Gasteiger partial charge in [-0.2, -0.15) is 0 Å². The molecule has 92 valence electrons. The molecule has 0 aliphatic heterocycles. The molecule has 5 heteroatoms. The van der Waals surface area contributed by atoms with Gasteiger partial charge in [0.15, 0.2) is 0 Å². The maximum Gasteiger partial charge on any atom is 0.356 e. The number of benzene rings is 1. The van der Waals surface area contributed by atoms with E-state index in [4.69, 9.17) is 4.74 Å². The van der Waals surface area contributed by atoms with Crippen LogP contribution in [0.5, 0.6) is 0 Å². The lowest BCUT2D eigenvalue weighted by atomic mass is 9.95. The fourth-order valence-corrected chi connectivity index (χ4v) is 1.71. The van der Waals surface area contributed by atoms with Gasteiger partial charge in [0.25, 0.3) is 0 Å². The van der Waals surface area contributed by atoms with E-state index in [1.165, 1.54) is 11.7 Å². The molecule has 0 aliphatic carbocycles. The number of aromatic nitrogens is 2. The van der Waals surface area contributed by atoms with E-state index in [-0.39, 0.29) is 5.97 Å². The zero-order valence-corrected chi connectivity index (χ0v) is 10.6. The number of carbonyl (C=O) groups excluding carboxylic acids is 1. The van der Waals surface area contributed by atoms with Gasteiger partial charge in [-0.15, -0.1) is 0 Å². The predicted octanol–water partition coefficient (Wildman–Crippen LogP) is 0.366. The number of hydrogen-bond acceptors (Lipinski definition) is 3. The minimum Gasteiger partial charge on any atom is -0.461 e. The molecule has 0 spiro atoms. The Hall–Kier alpha value is -2.04. The number of ether oxygens (including phenoxy) is 1. The van der Waals surface area contributed by atoms with Gasteiger partial charge in [-0.05, 0) is 12.5 Å². The van der Waals surface area contributed by atoms with Crippen LogP contribution < -0.4 is 5.46 Å². The van der Waals surface area contributed by atoms with Crippen molar-refractivity contribution >= 4 is 19.3 Å². The fraction of sp³-hybridized carbons (Fsp3) is 0.231. The molecule has 0 aliphatic rings. The summed E-state index contributed by atoms with van der Waals surface area (Å²) in [7, 11) is 2.05. The van der Waals surface area contributed by atoms with Crippen molar-refractivity contribution in [3.8, 4) is 0 Å². The third-order valence-electron chi connectivity index (χ3n) is 2.67. The first-order valence-corrected chi connectivity index (χ1v) is 5.93. The summed E-state index contributed by atoms with van der Waals surface area (Å²) in [6, 6.07) is 8.20. The van der Waals surface area contributed by atoms with Gasteiger partial charge in [0.2, 0.25) is 0 Å². The molecule has 0 bridgehead atoms. The molecule has 18 heavy (non-hydrogen) atoms. The van der Waals surface area contributed by atoms with Gasteiger partial charge in [0.1, 0.15) is 13.5 Å². The molecular weight excluding hydrogens is 227 g/mol. The second-order valence-electron chi connectivity index (χ2n) is 4.11. The largest absolute Gasteiger partial charge is 0.461 e. The summed E-state index contributed by atoms with van der Waals surface area (Å²) in [6.45, 7) is 2.78. The molecule has 0 unspecified atom stereocenters. The highest BCUT2D eigenvalue weighted by Gasteiger charge is 2.12. The number of nitrogens with zero attached hydrogens (tertiary/aromatic N) is 2. The van der Waals surface area contributed by atoms with Crippen molar-refractivity contribution in [3.05, 3.63) is 48.0 Å². The van der Waals surface area contributed by atoms with Crippen molar-refractivity contribution in [3.63, 3.8) is 0 Å². The molecule has 4 nitrogen and oxygen atoms in total. The van der Waals surface area contributed by atoms with E-state index in [1.54, 1.807) is 17.8 Å². The SMILES string of the molecule is Bc1ccc(Cn2cncc2C(=O)OCC)cc1. The highest BCUT2D eigenvalue weighted by Crippen LogP contribution is 2.06. The van der Waals surface area contributed by atoms with E-state index < -0.39 is 0 Å². The summed E-state index contributed by atoms with van der Waals surface area (Å²) in [5.41, 5.74) is 2.83. The molecule has 2 rings (SSSR count). The highest BCUT2D eigenvalue weighted by molar-refractivity contribution is 6.32. The Bertz CT molecular complexity index is 534. The quantitative estimate of drug-likeness (QED) is 0.574. The number of imidazole rings is 1. The highest BCUT2D eigenvalue weighted by atomic mass is 16.5. The van der Waals surface area contributed by atoms with Crippen LogP contribution in [0, 0.1) is 0 Å². The molecule has 1 aromatic carbocycles. The van der Waals surface area contributed by atoms with E-state index in [1.807, 2.05) is 20.0 Å². The van der Waals surface area contributed by atoms with E-state index in [2.05, 4.69) is 17.1 Å². The van der Waals surface area contributed by atoms with Gasteiger partial charge in [-0.3, -0.25) is 0 Å². The molecular formula is C13H15BN2O2. The second-order valence-corrected chi connectivity index (χ2v) is 4.11. The number of esters is 1. The van der Waals surface area contributed by atoms with Crippen LogP contribution in [0.2, 0.25) is 0 Å². The van der Waals surface area contributed by atoms with Gasteiger partial charge in [0, 0.05) is 6.54 Å². The Balaban J connectivity index is 2.17. The summed E-state index contributed by atoms with van der Waals surface area (Å²) in [4.78, 5) is 15.7. The molecule has 0 atom stereocenters. The Morgan fingerprint density at radius 3 is 2.78 bits per heavy atom. The van der Waals surface area contributed by atoms with Crippen LogP contribution in [0.1, 0.15) is 23.0 Å². The molecule has 1 aromatic heterocycles. The Kier molecular flexibility index (Phi) is 3.82. The minimum absolute atomic E-state index is 0.331. The van der Waals surface area contributed by atoms with Crippen molar-refractivity contribution in [1.29, 1.82) is 0 Å². The van der Waals surface area contributed by atoms with E-state index >= 15 is 0 Å². The van der Waals surface area contributed by atoms with Crippen LogP contribution in [-0.2, 0) is 11.3 Å². The molecule has 2 aromatic rings. The summed E-state index contributed by atoms with van der Waals surface area (Å²) < 4.78 is 6.78. The van der Waals surface area contributed by atoms with Crippen LogP contribution in [-0.4, -0.2) is 30.0 Å². The summed E-state index contributed by atoms with van der Waals surface area (Å²) in [6.07, 6.45) is 3.18. The molecule has 0 fully saturated rings. The Morgan fingerprint density at radius 2 is 2.11 bits per heavy atom. The van der Waals surface area contributed by atoms with Crippen molar-refractivity contribution in [2.45, 2.75) is 13.5 Å². The number of carbonyl (C=O) groups is 1. The summed E-state index contributed by atoms with van der Waals surface area (Å²) in [5.74, 6) is -0.331. The minimum atomic E-state index is -0.331. The first kappa shape index (κ1) is 12.4. The van der Waals surface area contributed by atoms with Gasteiger partial charge in [-0.25, -0.2) is 9.78 Å². The zero-order valence-electron chi connectivity index (χ0n) is 10.6. The monoisotopic (exact) mass is 242 g/mol. The number of rotatable bonds is 4.